The molecule has 3 saturated heterocycles. The van der Waals surface area contributed by atoms with Crippen LogP contribution in [0.4, 0.5) is 36.3 Å². The van der Waals surface area contributed by atoms with Crippen molar-refractivity contribution >= 4 is 29.0 Å². The number of amides is 1. The van der Waals surface area contributed by atoms with Crippen molar-refractivity contribution in [3.8, 4) is 0 Å². The monoisotopic (exact) mass is 545 g/mol. The molecule has 0 radical (unpaired) electrons. The minimum atomic E-state index is -4.58. The highest BCUT2D eigenvalue weighted by Gasteiger charge is 2.38. The number of aryl methyl sites for hydroxylation is 1. The van der Waals surface area contributed by atoms with Crippen LogP contribution in [0.3, 0.4) is 0 Å². The molecule has 2 aromatic rings. The minimum absolute atomic E-state index is 0.108. The lowest BCUT2D eigenvalue weighted by Crippen LogP contribution is -2.52. The van der Waals surface area contributed by atoms with Gasteiger partial charge in [-0.25, -0.2) is 4.98 Å². The maximum Gasteiger partial charge on any atom is 0.421 e. The van der Waals surface area contributed by atoms with Gasteiger partial charge in [-0.2, -0.15) is 18.2 Å². The van der Waals surface area contributed by atoms with Gasteiger partial charge in [-0.1, -0.05) is 6.92 Å². The maximum atomic E-state index is 13.7. The van der Waals surface area contributed by atoms with Crippen molar-refractivity contribution in [2.24, 2.45) is 0 Å². The second kappa shape index (κ2) is 11.6. The number of nitrogens with one attached hydrogen (secondary N) is 2. The summed E-state index contributed by atoms with van der Waals surface area (Å²) in [5, 5.41) is 5.99. The van der Waals surface area contributed by atoms with Crippen LogP contribution >= 0.6 is 0 Å². The van der Waals surface area contributed by atoms with Gasteiger partial charge in [-0.15, -0.1) is 0 Å². The largest absolute Gasteiger partial charge is 0.421 e. The van der Waals surface area contributed by atoms with Crippen LogP contribution in [0.5, 0.6) is 0 Å². The van der Waals surface area contributed by atoms with Crippen molar-refractivity contribution in [3.05, 3.63) is 35.5 Å². The maximum absolute atomic E-state index is 13.7. The summed E-state index contributed by atoms with van der Waals surface area (Å²) in [5.74, 6) is -0.0344. The van der Waals surface area contributed by atoms with E-state index in [0.29, 0.717) is 38.0 Å². The molecular formula is C28H38F3N7O. The first-order valence-electron chi connectivity index (χ1n) is 14.1. The number of rotatable bonds is 9. The molecule has 1 amide bonds. The molecule has 0 saturated carbocycles. The van der Waals surface area contributed by atoms with E-state index >= 15 is 0 Å². The Hall–Kier alpha value is -3.08. The van der Waals surface area contributed by atoms with Crippen molar-refractivity contribution < 1.29 is 18.0 Å². The predicted molar refractivity (Wildman–Crippen MR) is 146 cm³/mol. The van der Waals surface area contributed by atoms with Crippen molar-refractivity contribution in [1.82, 2.24) is 19.8 Å². The lowest BCUT2D eigenvalue weighted by atomic mass is 10.1. The van der Waals surface area contributed by atoms with Gasteiger partial charge in [0.05, 0.1) is 0 Å². The minimum Gasteiger partial charge on any atom is -0.369 e. The number of nitrogens with zero attached hydrogens (tertiary/aromatic N) is 5. The van der Waals surface area contributed by atoms with Crippen LogP contribution in [0.15, 0.2) is 24.4 Å². The fourth-order valence-corrected chi connectivity index (χ4v) is 6.00. The van der Waals surface area contributed by atoms with E-state index in [9.17, 15) is 18.0 Å². The first kappa shape index (κ1) is 27.5. The number of alkyl halides is 3. The molecule has 212 valence electrons. The molecule has 3 aliphatic rings. The number of hydrogen-bond acceptors (Lipinski definition) is 7. The molecule has 2 atom stereocenters. The molecule has 3 fully saturated rings. The summed E-state index contributed by atoms with van der Waals surface area (Å²) < 4.78 is 41.0. The molecule has 0 aliphatic carbocycles. The van der Waals surface area contributed by atoms with Gasteiger partial charge in [-0.05, 0) is 69.3 Å². The first-order valence-corrected chi connectivity index (χ1v) is 14.1. The van der Waals surface area contributed by atoms with E-state index in [0.717, 1.165) is 49.8 Å². The molecule has 5 rings (SSSR count). The van der Waals surface area contributed by atoms with Crippen molar-refractivity contribution in [1.29, 1.82) is 0 Å². The number of carbonyl (C=O) groups excluding carboxylic acids is 1. The van der Waals surface area contributed by atoms with Gasteiger partial charge in [0.15, 0.2) is 0 Å². The summed E-state index contributed by atoms with van der Waals surface area (Å²) in [6.07, 6.45) is 2.42. The second-order valence-electron chi connectivity index (χ2n) is 10.8. The Kier molecular flexibility index (Phi) is 8.16. The molecule has 8 nitrogen and oxygen atoms in total. The fourth-order valence-electron chi connectivity index (χ4n) is 6.00. The van der Waals surface area contributed by atoms with Crippen LogP contribution in [-0.2, 0) is 17.4 Å². The zero-order valence-corrected chi connectivity index (χ0v) is 22.7. The van der Waals surface area contributed by atoms with Gasteiger partial charge in [0, 0.05) is 68.8 Å². The number of likely N-dealkylation sites (tertiary alicyclic amines) is 1. The van der Waals surface area contributed by atoms with Crippen LogP contribution in [-0.4, -0.2) is 77.5 Å². The number of fused-ring (bicyclic) bond motifs is 2. The van der Waals surface area contributed by atoms with Crippen molar-refractivity contribution in [3.63, 3.8) is 0 Å². The quantitative estimate of drug-likeness (QED) is 0.434. The summed E-state index contributed by atoms with van der Waals surface area (Å²) in [4.78, 5) is 26.9. The van der Waals surface area contributed by atoms with Crippen LogP contribution in [0, 0.1) is 0 Å². The highest BCUT2D eigenvalue weighted by Crippen LogP contribution is 2.36. The standard InChI is InChI=1S/C28H38F3N7O/c1-3-19-15-20(38-17-21-8-9-22(18-38)36(21)2)10-11-24(19)34-27-33-16-23(28(29,30)31)26(35-27)32-12-6-14-37-13-5-4-7-25(37)39/h10-11,15-16,21-22H,3-9,12-14,17-18H2,1-2H3,(H2,32,33,34,35). The Bertz CT molecular complexity index is 1160. The molecule has 39 heavy (non-hydrogen) atoms. The third kappa shape index (κ3) is 6.23. The molecule has 11 heteroatoms. The number of benzene rings is 1. The fraction of sp³-hybridized carbons (Fsp3) is 0.607. The zero-order chi connectivity index (χ0) is 27.6. The smallest absolute Gasteiger partial charge is 0.369 e. The van der Waals surface area contributed by atoms with Crippen LogP contribution in [0.25, 0.3) is 0 Å². The van der Waals surface area contributed by atoms with E-state index in [1.54, 1.807) is 4.90 Å². The Balaban J connectivity index is 1.27. The summed E-state index contributed by atoms with van der Waals surface area (Å²) in [6, 6.07) is 7.37. The number of carbonyl (C=O) groups is 1. The summed E-state index contributed by atoms with van der Waals surface area (Å²) in [6.45, 7) is 5.57. The average molecular weight is 546 g/mol. The van der Waals surface area contributed by atoms with Crippen LogP contribution in [0.2, 0.25) is 0 Å². The van der Waals surface area contributed by atoms with Crippen LogP contribution in [0.1, 0.15) is 56.6 Å². The third-order valence-electron chi connectivity index (χ3n) is 8.34. The highest BCUT2D eigenvalue weighted by atomic mass is 19.4. The number of piperidine rings is 1. The van der Waals surface area contributed by atoms with E-state index in [2.05, 4.69) is 56.5 Å². The van der Waals surface area contributed by atoms with E-state index in [1.165, 1.54) is 18.5 Å². The topological polar surface area (TPSA) is 76.6 Å². The molecule has 2 bridgehead atoms. The third-order valence-corrected chi connectivity index (χ3v) is 8.34. The number of anilines is 4. The Labute approximate surface area is 228 Å². The lowest BCUT2D eigenvalue weighted by Gasteiger charge is -2.40. The molecule has 4 heterocycles. The Morgan fingerprint density at radius 1 is 1.13 bits per heavy atom. The molecule has 0 spiro atoms. The molecule has 1 aromatic carbocycles. The lowest BCUT2D eigenvalue weighted by molar-refractivity contribution is -0.137. The number of likely N-dealkylation sites (N-methyl/N-ethyl adjacent to an activating group) is 1. The van der Waals surface area contributed by atoms with Gasteiger partial charge < -0.3 is 20.4 Å². The normalized spacial score (nSPS) is 21.9. The average Bonchev–Trinajstić information content (AvgIpc) is 3.10. The van der Waals surface area contributed by atoms with E-state index in [-0.39, 0.29) is 24.2 Å². The summed E-state index contributed by atoms with van der Waals surface area (Å²) in [7, 11) is 2.22. The Morgan fingerprint density at radius 3 is 2.59 bits per heavy atom. The van der Waals surface area contributed by atoms with E-state index in [4.69, 9.17) is 0 Å². The van der Waals surface area contributed by atoms with Gasteiger partial charge in [0.2, 0.25) is 11.9 Å². The number of aromatic nitrogens is 2. The Morgan fingerprint density at radius 2 is 1.90 bits per heavy atom. The van der Waals surface area contributed by atoms with Crippen LogP contribution < -0.4 is 15.5 Å². The first-order chi connectivity index (χ1) is 18.7. The van der Waals surface area contributed by atoms with E-state index in [1.807, 2.05) is 6.07 Å². The molecule has 3 aliphatic heterocycles. The summed E-state index contributed by atoms with van der Waals surface area (Å²) in [5.41, 5.74) is 2.11. The van der Waals surface area contributed by atoms with Gasteiger partial charge in [0.25, 0.3) is 0 Å². The predicted octanol–water partition coefficient (Wildman–Crippen LogP) is 4.90. The van der Waals surface area contributed by atoms with Gasteiger partial charge in [-0.3, -0.25) is 9.69 Å². The number of piperazine rings is 1. The van der Waals surface area contributed by atoms with E-state index < -0.39 is 11.7 Å². The molecule has 2 unspecified atom stereocenters. The molecule has 2 N–H and O–H groups in total. The summed E-state index contributed by atoms with van der Waals surface area (Å²) >= 11 is 0. The van der Waals surface area contributed by atoms with Gasteiger partial charge in [0.1, 0.15) is 11.4 Å². The molecular weight excluding hydrogens is 507 g/mol. The number of hydrogen-bond donors (Lipinski definition) is 2. The van der Waals surface area contributed by atoms with Crippen molar-refractivity contribution in [2.45, 2.75) is 70.1 Å². The molecule has 1 aromatic heterocycles. The van der Waals surface area contributed by atoms with Crippen molar-refractivity contribution in [2.75, 3.05) is 55.3 Å². The second-order valence-corrected chi connectivity index (χ2v) is 10.8. The highest BCUT2D eigenvalue weighted by molar-refractivity contribution is 5.76. The SMILES string of the molecule is CCc1cc(N2CC3CCC(C2)N3C)ccc1Nc1ncc(C(F)(F)F)c(NCCCN2CCCCC2=O)n1. The van der Waals surface area contributed by atoms with Gasteiger partial charge >= 0.3 is 6.18 Å². The zero-order valence-electron chi connectivity index (χ0n) is 22.7. The number of halogens is 3.